The minimum atomic E-state index is -0.327. The highest BCUT2D eigenvalue weighted by Gasteiger charge is 2.29. The van der Waals surface area contributed by atoms with Crippen molar-refractivity contribution < 1.29 is 18.7 Å². The molecule has 8 heteroatoms. The van der Waals surface area contributed by atoms with Crippen LogP contribution >= 0.6 is 11.3 Å². The summed E-state index contributed by atoms with van der Waals surface area (Å²) in [5.74, 6) is -0.233. The number of piperidine rings is 1. The SMILES string of the molecule is O=C(Nc1ccccc1OCc1cscn1)C1CCCN(C(=O)Cc2ccc(F)cc2)C1. The van der Waals surface area contributed by atoms with Crippen LogP contribution in [0.15, 0.2) is 59.4 Å². The molecular weight excluding hydrogens is 429 g/mol. The zero-order chi connectivity index (χ0) is 22.3. The number of likely N-dealkylation sites (tertiary alicyclic amines) is 1. The summed E-state index contributed by atoms with van der Waals surface area (Å²) in [6.45, 7) is 1.32. The molecule has 32 heavy (non-hydrogen) atoms. The van der Waals surface area contributed by atoms with Crippen molar-refractivity contribution in [1.29, 1.82) is 0 Å². The maximum absolute atomic E-state index is 13.1. The van der Waals surface area contributed by atoms with Gasteiger partial charge < -0.3 is 15.0 Å². The second kappa shape index (κ2) is 10.4. The van der Waals surface area contributed by atoms with Gasteiger partial charge in [-0.1, -0.05) is 24.3 Å². The maximum atomic E-state index is 13.1. The lowest BCUT2D eigenvalue weighted by Gasteiger charge is -2.32. The lowest BCUT2D eigenvalue weighted by molar-refractivity contribution is -0.133. The number of anilines is 1. The van der Waals surface area contributed by atoms with Gasteiger partial charge in [0.1, 0.15) is 18.2 Å². The number of amides is 2. The number of hydrogen-bond donors (Lipinski definition) is 1. The van der Waals surface area contributed by atoms with Crippen LogP contribution in [0.25, 0.3) is 0 Å². The summed E-state index contributed by atoms with van der Waals surface area (Å²) in [7, 11) is 0. The van der Waals surface area contributed by atoms with E-state index in [1.807, 2.05) is 17.5 Å². The van der Waals surface area contributed by atoms with Gasteiger partial charge in [-0.15, -0.1) is 11.3 Å². The molecule has 1 aromatic heterocycles. The molecule has 1 saturated heterocycles. The summed E-state index contributed by atoms with van der Waals surface area (Å²) in [6, 6.07) is 13.2. The molecule has 166 valence electrons. The summed E-state index contributed by atoms with van der Waals surface area (Å²) >= 11 is 1.50. The number of nitrogens with one attached hydrogen (secondary N) is 1. The van der Waals surface area contributed by atoms with Crippen molar-refractivity contribution in [3.63, 3.8) is 0 Å². The van der Waals surface area contributed by atoms with E-state index in [-0.39, 0.29) is 30.0 Å². The summed E-state index contributed by atoms with van der Waals surface area (Å²) in [5, 5.41) is 4.88. The van der Waals surface area contributed by atoms with E-state index in [9.17, 15) is 14.0 Å². The van der Waals surface area contributed by atoms with E-state index in [0.717, 1.165) is 17.7 Å². The zero-order valence-electron chi connectivity index (χ0n) is 17.5. The summed E-state index contributed by atoms with van der Waals surface area (Å²) in [4.78, 5) is 31.6. The van der Waals surface area contributed by atoms with Crippen molar-refractivity contribution >= 4 is 28.8 Å². The lowest BCUT2D eigenvalue weighted by Crippen LogP contribution is -2.44. The number of hydrogen-bond acceptors (Lipinski definition) is 5. The number of benzene rings is 2. The van der Waals surface area contributed by atoms with E-state index in [4.69, 9.17) is 4.74 Å². The van der Waals surface area contributed by atoms with Crippen LogP contribution in [0.4, 0.5) is 10.1 Å². The van der Waals surface area contributed by atoms with Gasteiger partial charge in [-0.3, -0.25) is 9.59 Å². The van der Waals surface area contributed by atoms with E-state index in [1.165, 1.54) is 23.5 Å². The molecule has 0 aliphatic carbocycles. The van der Waals surface area contributed by atoms with Crippen LogP contribution in [0.3, 0.4) is 0 Å². The van der Waals surface area contributed by atoms with Gasteiger partial charge in [0.15, 0.2) is 0 Å². The van der Waals surface area contributed by atoms with Gasteiger partial charge >= 0.3 is 0 Å². The van der Waals surface area contributed by atoms with Gasteiger partial charge in [0.05, 0.1) is 29.2 Å². The number of nitrogens with zero attached hydrogens (tertiary/aromatic N) is 2. The highest BCUT2D eigenvalue weighted by molar-refractivity contribution is 7.07. The van der Waals surface area contributed by atoms with Gasteiger partial charge in [0.25, 0.3) is 0 Å². The van der Waals surface area contributed by atoms with Crippen LogP contribution in [0.5, 0.6) is 5.75 Å². The number of ether oxygens (including phenoxy) is 1. The first-order chi connectivity index (χ1) is 15.6. The molecule has 1 aliphatic rings. The first-order valence-corrected chi connectivity index (χ1v) is 11.4. The molecule has 1 unspecified atom stereocenters. The van der Waals surface area contributed by atoms with Crippen LogP contribution in [-0.4, -0.2) is 34.8 Å². The average molecular weight is 454 g/mol. The van der Waals surface area contributed by atoms with E-state index < -0.39 is 0 Å². The van der Waals surface area contributed by atoms with Crippen LogP contribution in [0, 0.1) is 11.7 Å². The van der Waals surface area contributed by atoms with Crippen LogP contribution < -0.4 is 10.1 Å². The van der Waals surface area contributed by atoms with Crippen molar-refractivity contribution in [2.24, 2.45) is 5.92 Å². The van der Waals surface area contributed by atoms with Gasteiger partial charge in [-0.2, -0.15) is 0 Å². The smallest absolute Gasteiger partial charge is 0.229 e. The standard InChI is InChI=1S/C24H24FN3O3S/c25-19-9-7-17(8-10-19)12-23(29)28-11-3-4-18(13-28)24(30)27-21-5-1-2-6-22(21)31-14-20-15-32-16-26-20/h1-2,5-10,15-16,18H,3-4,11-14H2,(H,27,30). The van der Waals surface area contributed by atoms with Crippen LogP contribution in [0.1, 0.15) is 24.1 Å². The molecule has 2 amide bonds. The Morgan fingerprint density at radius 1 is 1.19 bits per heavy atom. The molecule has 0 bridgehead atoms. The fraction of sp³-hybridized carbons (Fsp3) is 0.292. The molecule has 4 rings (SSSR count). The molecular formula is C24H24FN3O3S. The number of para-hydroxylation sites is 2. The van der Waals surface area contributed by atoms with Gasteiger partial charge in [0.2, 0.25) is 11.8 Å². The Morgan fingerprint density at radius 3 is 2.78 bits per heavy atom. The molecule has 2 heterocycles. The molecule has 0 radical (unpaired) electrons. The molecule has 0 saturated carbocycles. The van der Waals surface area contributed by atoms with Crippen LogP contribution in [0.2, 0.25) is 0 Å². The monoisotopic (exact) mass is 453 g/mol. The highest BCUT2D eigenvalue weighted by atomic mass is 32.1. The van der Waals surface area contributed by atoms with Crippen molar-refractivity contribution in [1.82, 2.24) is 9.88 Å². The number of carbonyl (C=O) groups is 2. The molecule has 6 nitrogen and oxygen atoms in total. The lowest BCUT2D eigenvalue weighted by atomic mass is 9.96. The highest BCUT2D eigenvalue weighted by Crippen LogP contribution is 2.27. The predicted molar refractivity (Wildman–Crippen MR) is 121 cm³/mol. The second-order valence-electron chi connectivity index (χ2n) is 7.74. The van der Waals surface area contributed by atoms with Crippen molar-refractivity contribution in [3.05, 3.63) is 76.5 Å². The van der Waals surface area contributed by atoms with Crippen molar-refractivity contribution in [2.75, 3.05) is 18.4 Å². The number of aromatic nitrogens is 1. The second-order valence-corrected chi connectivity index (χ2v) is 8.45. The topological polar surface area (TPSA) is 71.5 Å². The third-order valence-electron chi connectivity index (χ3n) is 5.42. The Kier molecular flexibility index (Phi) is 7.11. The number of rotatable bonds is 7. The molecule has 1 N–H and O–H groups in total. The predicted octanol–water partition coefficient (Wildman–Crippen LogP) is 4.28. The minimum absolute atomic E-state index is 0.0545. The fourth-order valence-electron chi connectivity index (χ4n) is 3.70. The number of halogens is 1. The van der Waals surface area contributed by atoms with E-state index >= 15 is 0 Å². The molecule has 3 aromatic rings. The Morgan fingerprint density at radius 2 is 2.00 bits per heavy atom. The summed E-state index contributed by atoms with van der Waals surface area (Å²) < 4.78 is 18.9. The van der Waals surface area contributed by atoms with E-state index in [1.54, 1.807) is 34.7 Å². The Balaban J connectivity index is 1.35. The van der Waals surface area contributed by atoms with Crippen LogP contribution in [-0.2, 0) is 22.6 Å². The van der Waals surface area contributed by atoms with Gasteiger partial charge in [-0.05, 0) is 42.7 Å². The minimum Gasteiger partial charge on any atom is -0.485 e. The average Bonchev–Trinajstić information content (AvgIpc) is 3.34. The van der Waals surface area contributed by atoms with E-state index in [0.29, 0.717) is 37.6 Å². The quantitative estimate of drug-likeness (QED) is 0.580. The Bertz CT molecular complexity index is 1060. The first kappa shape index (κ1) is 22.0. The molecule has 2 aromatic carbocycles. The van der Waals surface area contributed by atoms with Gasteiger partial charge in [0, 0.05) is 18.5 Å². The van der Waals surface area contributed by atoms with Crippen molar-refractivity contribution in [2.45, 2.75) is 25.9 Å². The molecule has 0 spiro atoms. The molecule has 1 aliphatic heterocycles. The Hall–Kier alpha value is -3.26. The largest absolute Gasteiger partial charge is 0.485 e. The normalized spacial score (nSPS) is 15.9. The fourth-order valence-corrected chi connectivity index (χ4v) is 4.24. The summed E-state index contributed by atoms with van der Waals surface area (Å²) in [5.41, 5.74) is 3.94. The third-order valence-corrected chi connectivity index (χ3v) is 6.05. The number of carbonyl (C=O) groups excluding carboxylic acids is 2. The third kappa shape index (κ3) is 5.70. The summed E-state index contributed by atoms with van der Waals surface area (Å²) in [6.07, 6.45) is 1.67. The Labute approximate surface area is 190 Å². The maximum Gasteiger partial charge on any atom is 0.229 e. The zero-order valence-corrected chi connectivity index (χ0v) is 18.3. The first-order valence-electron chi connectivity index (χ1n) is 10.5. The van der Waals surface area contributed by atoms with Gasteiger partial charge in [-0.25, -0.2) is 9.37 Å². The molecule has 1 fully saturated rings. The van der Waals surface area contributed by atoms with E-state index in [2.05, 4.69) is 10.3 Å². The number of thiazole rings is 1. The molecule has 1 atom stereocenters. The van der Waals surface area contributed by atoms with Crippen molar-refractivity contribution in [3.8, 4) is 5.75 Å².